The van der Waals surface area contributed by atoms with Gasteiger partial charge in [-0.3, -0.25) is 9.98 Å². The number of guanidine groups is 1. The van der Waals surface area contributed by atoms with Crippen molar-refractivity contribution in [3.8, 4) is 0 Å². The van der Waals surface area contributed by atoms with E-state index in [1.165, 1.54) is 0 Å². The monoisotopic (exact) mass is 402 g/mol. The summed E-state index contributed by atoms with van der Waals surface area (Å²) in [6, 6.07) is 6.09. The Morgan fingerprint density at radius 2 is 2.00 bits per heavy atom. The number of aryl methyl sites for hydroxylation is 1. The Morgan fingerprint density at radius 3 is 2.48 bits per heavy atom. The van der Waals surface area contributed by atoms with Crippen LogP contribution in [0.4, 0.5) is 0 Å². The lowest BCUT2D eigenvalue weighted by Gasteiger charge is -2.62. The normalized spacial score (nSPS) is 19.5. The van der Waals surface area contributed by atoms with E-state index in [2.05, 4.69) is 47.9 Å². The highest BCUT2D eigenvalue weighted by atomic mass is 127. The van der Waals surface area contributed by atoms with Gasteiger partial charge in [-0.25, -0.2) is 0 Å². The van der Waals surface area contributed by atoms with Crippen LogP contribution in [-0.2, 0) is 6.54 Å². The lowest BCUT2D eigenvalue weighted by atomic mass is 9.65. The second-order valence-electron chi connectivity index (χ2n) is 6.70. The lowest BCUT2D eigenvalue weighted by molar-refractivity contribution is -0.0668. The summed E-state index contributed by atoms with van der Waals surface area (Å²) in [7, 11) is 1.84. The maximum Gasteiger partial charge on any atom is 0.194 e. The van der Waals surface area contributed by atoms with E-state index in [4.69, 9.17) is 0 Å². The van der Waals surface area contributed by atoms with E-state index in [-0.39, 0.29) is 29.5 Å². The molecule has 118 valence electrons. The average molecular weight is 402 g/mol. The maximum atomic E-state index is 4.51. The number of hydrogen-bond acceptors (Lipinski definition) is 2. The Bertz CT molecular complexity index is 523. The van der Waals surface area contributed by atoms with E-state index < -0.39 is 0 Å². The molecule has 1 fully saturated rings. The third-order valence-electron chi connectivity index (χ3n) is 4.73. The van der Waals surface area contributed by atoms with Gasteiger partial charge in [-0.05, 0) is 32.9 Å². The number of nitrogens with one attached hydrogen (secondary N) is 1. The zero-order chi connectivity index (χ0) is 15.0. The molecule has 0 aromatic carbocycles. The van der Waals surface area contributed by atoms with E-state index in [1.807, 2.05) is 32.2 Å². The molecule has 2 heterocycles. The zero-order valence-corrected chi connectivity index (χ0v) is 16.2. The van der Waals surface area contributed by atoms with Crippen molar-refractivity contribution in [1.29, 1.82) is 0 Å². The molecule has 1 aromatic rings. The van der Waals surface area contributed by atoms with E-state index >= 15 is 0 Å². The minimum absolute atomic E-state index is 0. The van der Waals surface area contributed by atoms with Gasteiger partial charge in [0.15, 0.2) is 5.96 Å². The Kier molecular flexibility index (Phi) is 5.63. The first kappa shape index (κ1) is 18.2. The molecule has 1 saturated heterocycles. The van der Waals surface area contributed by atoms with Crippen LogP contribution in [0.3, 0.4) is 0 Å². The molecule has 4 nitrogen and oxygen atoms in total. The first-order valence-corrected chi connectivity index (χ1v) is 7.19. The van der Waals surface area contributed by atoms with Gasteiger partial charge in [0.1, 0.15) is 0 Å². The van der Waals surface area contributed by atoms with E-state index in [1.54, 1.807) is 0 Å². The third kappa shape index (κ3) is 3.49. The van der Waals surface area contributed by atoms with Crippen LogP contribution in [-0.4, -0.2) is 35.0 Å². The highest BCUT2D eigenvalue weighted by Crippen LogP contribution is 2.46. The first-order valence-electron chi connectivity index (χ1n) is 7.19. The fourth-order valence-corrected chi connectivity index (χ4v) is 2.56. The van der Waals surface area contributed by atoms with Crippen LogP contribution >= 0.6 is 24.0 Å². The third-order valence-corrected chi connectivity index (χ3v) is 4.73. The van der Waals surface area contributed by atoms with Crippen molar-refractivity contribution in [2.75, 3.05) is 13.6 Å². The summed E-state index contributed by atoms with van der Waals surface area (Å²) in [6.07, 6.45) is 0. The zero-order valence-electron chi connectivity index (χ0n) is 13.9. The fourth-order valence-electron chi connectivity index (χ4n) is 2.56. The molecule has 1 aliphatic rings. The summed E-state index contributed by atoms with van der Waals surface area (Å²) in [5, 5.41) is 3.42. The second kappa shape index (κ2) is 6.50. The van der Waals surface area contributed by atoms with Gasteiger partial charge in [0.25, 0.3) is 0 Å². The van der Waals surface area contributed by atoms with E-state index in [0.717, 1.165) is 23.9 Å². The number of nitrogens with zero attached hydrogens (tertiary/aromatic N) is 3. The number of rotatable bonds is 2. The number of pyridine rings is 1. The standard InChI is InChI=1S/C16H26N4.HI/c1-12-8-7-9-13(19-12)10-18-14(17-6)20-11-15(2,3)16(20,4)5;/h7-9H,10-11H2,1-6H3,(H,17,18);1H. The molecule has 0 saturated carbocycles. The molecule has 5 heteroatoms. The van der Waals surface area contributed by atoms with Crippen molar-refractivity contribution in [3.63, 3.8) is 0 Å². The molecule has 0 unspecified atom stereocenters. The Morgan fingerprint density at radius 1 is 1.33 bits per heavy atom. The van der Waals surface area contributed by atoms with Gasteiger partial charge >= 0.3 is 0 Å². The quantitative estimate of drug-likeness (QED) is 0.469. The molecule has 0 atom stereocenters. The molecular formula is C16H27IN4. The Hall–Kier alpha value is -0.850. The average Bonchev–Trinajstić information content (AvgIpc) is 2.38. The molecule has 0 aliphatic carbocycles. The van der Waals surface area contributed by atoms with Crippen LogP contribution in [0.2, 0.25) is 0 Å². The molecule has 0 amide bonds. The maximum absolute atomic E-state index is 4.51. The van der Waals surface area contributed by atoms with E-state index in [0.29, 0.717) is 12.0 Å². The summed E-state index contributed by atoms with van der Waals surface area (Å²) in [4.78, 5) is 11.3. The molecule has 1 aliphatic heterocycles. The predicted octanol–water partition coefficient (Wildman–Crippen LogP) is 3.20. The highest BCUT2D eigenvalue weighted by Gasteiger charge is 2.53. The minimum atomic E-state index is 0. The summed E-state index contributed by atoms with van der Waals surface area (Å²) in [5.74, 6) is 0.956. The van der Waals surface area contributed by atoms with Crippen molar-refractivity contribution in [3.05, 3.63) is 29.6 Å². The summed E-state index contributed by atoms with van der Waals surface area (Å²) in [5.41, 5.74) is 2.52. The summed E-state index contributed by atoms with van der Waals surface area (Å²) >= 11 is 0. The van der Waals surface area contributed by atoms with Crippen molar-refractivity contribution in [1.82, 2.24) is 15.2 Å². The molecular weight excluding hydrogens is 375 g/mol. The lowest BCUT2D eigenvalue weighted by Crippen LogP contribution is -2.72. The molecule has 0 bridgehead atoms. The van der Waals surface area contributed by atoms with Gasteiger partial charge in [-0.1, -0.05) is 19.9 Å². The first-order chi connectivity index (χ1) is 9.28. The molecule has 1 N–H and O–H groups in total. The molecule has 21 heavy (non-hydrogen) atoms. The van der Waals surface area contributed by atoms with Crippen molar-refractivity contribution < 1.29 is 0 Å². The van der Waals surface area contributed by atoms with Crippen molar-refractivity contribution >= 4 is 29.9 Å². The molecule has 1 aromatic heterocycles. The van der Waals surface area contributed by atoms with E-state index in [9.17, 15) is 0 Å². The number of likely N-dealkylation sites (tertiary alicyclic amines) is 1. The van der Waals surface area contributed by atoms with Gasteiger partial charge in [0, 0.05) is 30.2 Å². The Labute approximate surface area is 145 Å². The topological polar surface area (TPSA) is 40.5 Å². The number of halogens is 1. The SMILES string of the molecule is CN=C(NCc1cccc(C)n1)N1CC(C)(C)C1(C)C.I. The number of hydrogen-bond donors (Lipinski definition) is 1. The van der Waals surface area contributed by atoms with Crippen molar-refractivity contribution in [2.45, 2.75) is 46.7 Å². The van der Waals surface area contributed by atoms with Crippen LogP contribution < -0.4 is 5.32 Å². The molecule has 0 spiro atoms. The van der Waals surface area contributed by atoms with Gasteiger partial charge in [0.05, 0.1) is 12.2 Å². The highest BCUT2D eigenvalue weighted by molar-refractivity contribution is 14.0. The predicted molar refractivity (Wildman–Crippen MR) is 99.2 cm³/mol. The molecule has 0 radical (unpaired) electrons. The number of aromatic nitrogens is 1. The van der Waals surface area contributed by atoms with Crippen LogP contribution in [0.15, 0.2) is 23.2 Å². The minimum Gasteiger partial charge on any atom is -0.351 e. The Balaban J connectivity index is 0.00000220. The van der Waals surface area contributed by atoms with Crippen LogP contribution in [0.1, 0.15) is 39.1 Å². The smallest absolute Gasteiger partial charge is 0.194 e. The van der Waals surface area contributed by atoms with Crippen LogP contribution in [0, 0.1) is 12.3 Å². The van der Waals surface area contributed by atoms with Gasteiger partial charge in [-0.15, -0.1) is 24.0 Å². The largest absolute Gasteiger partial charge is 0.351 e. The van der Waals surface area contributed by atoms with Crippen LogP contribution in [0.25, 0.3) is 0 Å². The molecule has 2 rings (SSSR count). The second-order valence-corrected chi connectivity index (χ2v) is 6.70. The van der Waals surface area contributed by atoms with Gasteiger partial charge in [0.2, 0.25) is 0 Å². The van der Waals surface area contributed by atoms with Gasteiger partial charge < -0.3 is 10.2 Å². The summed E-state index contributed by atoms with van der Waals surface area (Å²) < 4.78 is 0. The number of aliphatic imine (C=N–C) groups is 1. The van der Waals surface area contributed by atoms with Gasteiger partial charge in [-0.2, -0.15) is 0 Å². The van der Waals surface area contributed by atoms with Crippen LogP contribution in [0.5, 0.6) is 0 Å². The summed E-state index contributed by atoms with van der Waals surface area (Å²) in [6.45, 7) is 12.9. The fraction of sp³-hybridized carbons (Fsp3) is 0.625. The van der Waals surface area contributed by atoms with Crippen molar-refractivity contribution in [2.24, 2.45) is 10.4 Å².